The van der Waals surface area contributed by atoms with Crippen LogP contribution >= 0.6 is 0 Å². The summed E-state index contributed by atoms with van der Waals surface area (Å²) < 4.78 is 16.1. The van der Waals surface area contributed by atoms with Gasteiger partial charge < -0.3 is 29.7 Å². The number of hydrogen-bond donors (Lipinski definition) is 2. The molecular weight excluding hydrogens is 412 g/mol. The summed E-state index contributed by atoms with van der Waals surface area (Å²) in [4.78, 5) is 29.5. The third-order valence-corrected chi connectivity index (χ3v) is 5.77. The smallest absolute Gasteiger partial charge is 0.313 e. The van der Waals surface area contributed by atoms with Crippen molar-refractivity contribution >= 4 is 17.5 Å². The molecule has 1 saturated heterocycles. The molecule has 2 amide bonds. The molecule has 32 heavy (non-hydrogen) atoms. The van der Waals surface area contributed by atoms with Gasteiger partial charge in [0.2, 0.25) is 6.79 Å². The van der Waals surface area contributed by atoms with Gasteiger partial charge in [0.05, 0.1) is 13.2 Å². The van der Waals surface area contributed by atoms with Crippen LogP contribution in [0.25, 0.3) is 0 Å². The van der Waals surface area contributed by atoms with Crippen LogP contribution in [-0.4, -0.2) is 75.3 Å². The Kier molecular flexibility index (Phi) is 6.77. The number of hydrogen-bond acceptors (Lipinski definition) is 7. The second-order valence-corrected chi connectivity index (χ2v) is 7.86. The van der Waals surface area contributed by atoms with Crippen molar-refractivity contribution in [2.75, 3.05) is 59.0 Å². The Labute approximate surface area is 187 Å². The van der Waals surface area contributed by atoms with Gasteiger partial charge in [-0.1, -0.05) is 6.07 Å². The standard InChI is InChI=1S/C23H28N4O5/c1-26-9-11-27(12-10-26)19(16-3-8-20-21(13-16)32-15-31-20)14-24-22(28)23(29)25-17-4-6-18(30-2)7-5-17/h3-8,13,19H,9-12,14-15H2,1-2H3,(H,24,28)(H,25,29). The molecule has 2 aliphatic heterocycles. The number of nitrogens with zero attached hydrogens (tertiary/aromatic N) is 2. The molecule has 1 unspecified atom stereocenters. The molecule has 2 N–H and O–H groups in total. The molecule has 2 heterocycles. The number of carbonyl (C=O) groups excluding carboxylic acids is 2. The summed E-state index contributed by atoms with van der Waals surface area (Å²) in [6, 6.07) is 12.5. The van der Waals surface area contributed by atoms with Crippen LogP contribution in [0.3, 0.4) is 0 Å². The number of amides is 2. The first kappa shape index (κ1) is 21.9. The van der Waals surface area contributed by atoms with E-state index in [0.29, 0.717) is 29.5 Å². The van der Waals surface area contributed by atoms with E-state index in [0.717, 1.165) is 31.7 Å². The molecule has 0 bridgehead atoms. The average Bonchev–Trinajstić information content (AvgIpc) is 3.28. The van der Waals surface area contributed by atoms with Gasteiger partial charge >= 0.3 is 11.8 Å². The van der Waals surface area contributed by atoms with Crippen molar-refractivity contribution in [3.8, 4) is 17.2 Å². The number of methoxy groups -OCH3 is 1. The van der Waals surface area contributed by atoms with Crippen LogP contribution in [0.5, 0.6) is 17.2 Å². The highest BCUT2D eigenvalue weighted by molar-refractivity contribution is 6.39. The Morgan fingerprint density at radius 1 is 1.00 bits per heavy atom. The molecule has 0 aromatic heterocycles. The number of rotatable bonds is 6. The van der Waals surface area contributed by atoms with E-state index in [-0.39, 0.29) is 12.8 Å². The van der Waals surface area contributed by atoms with Crippen LogP contribution < -0.4 is 24.8 Å². The predicted octanol–water partition coefficient (Wildman–Crippen LogP) is 1.47. The summed E-state index contributed by atoms with van der Waals surface area (Å²) in [6.07, 6.45) is 0. The lowest BCUT2D eigenvalue weighted by Crippen LogP contribution is -2.49. The van der Waals surface area contributed by atoms with Crippen LogP contribution in [0.2, 0.25) is 0 Å². The van der Waals surface area contributed by atoms with Gasteiger partial charge in [-0.15, -0.1) is 0 Å². The maximum Gasteiger partial charge on any atom is 0.313 e. The van der Waals surface area contributed by atoms with Gasteiger partial charge in [-0.25, -0.2) is 0 Å². The van der Waals surface area contributed by atoms with E-state index in [1.165, 1.54) is 0 Å². The molecule has 0 spiro atoms. The minimum atomic E-state index is -0.710. The minimum absolute atomic E-state index is 0.0871. The van der Waals surface area contributed by atoms with Gasteiger partial charge in [-0.3, -0.25) is 14.5 Å². The normalized spacial score (nSPS) is 16.9. The molecule has 170 valence electrons. The van der Waals surface area contributed by atoms with Gasteiger partial charge in [-0.2, -0.15) is 0 Å². The highest BCUT2D eigenvalue weighted by Gasteiger charge is 2.27. The van der Waals surface area contributed by atoms with E-state index < -0.39 is 11.8 Å². The number of likely N-dealkylation sites (N-methyl/N-ethyl adjacent to an activating group) is 1. The van der Waals surface area contributed by atoms with Crippen LogP contribution in [0, 0.1) is 0 Å². The summed E-state index contributed by atoms with van der Waals surface area (Å²) in [6.45, 7) is 4.12. The third-order valence-electron chi connectivity index (χ3n) is 5.77. The Hall–Kier alpha value is -3.30. The molecule has 1 fully saturated rings. The van der Waals surface area contributed by atoms with Crippen molar-refractivity contribution in [3.63, 3.8) is 0 Å². The molecule has 0 aliphatic carbocycles. The SMILES string of the molecule is COc1ccc(NC(=O)C(=O)NCC(c2ccc3c(c2)OCO3)N2CCN(C)CC2)cc1. The molecule has 9 nitrogen and oxygen atoms in total. The van der Waals surface area contributed by atoms with Crippen molar-refractivity contribution in [2.24, 2.45) is 0 Å². The molecule has 0 saturated carbocycles. The van der Waals surface area contributed by atoms with E-state index in [9.17, 15) is 9.59 Å². The molecule has 2 aromatic carbocycles. The summed E-state index contributed by atoms with van der Waals surface area (Å²) >= 11 is 0. The number of fused-ring (bicyclic) bond motifs is 1. The Bertz CT molecular complexity index is 957. The van der Waals surface area contributed by atoms with E-state index >= 15 is 0 Å². The summed E-state index contributed by atoms with van der Waals surface area (Å²) in [5, 5.41) is 5.41. The van der Waals surface area contributed by atoms with Gasteiger partial charge in [-0.05, 0) is 49.0 Å². The van der Waals surface area contributed by atoms with Crippen LogP contribution in [0.4, 0.5) is 5.69 Å². The van der Waals surface area contributed by atoms with Crippen LogP contribution in [0.1, 0.15) is 11.6 Å². The molecule has 2 aromatic rings. The number of nitrogens with one attached hydrogen (secondary N) is 2. The first-order valence-electron chi connectivity index (χ1n) is 10.6. The number of carbonyl (C=O) groups is 2. The first-order chi connectivity index (χ1) is 15.5. The van der Waals surface area contributed by atoms with Crippen LogP contribution in [-0.2, 0) is 9.59 Å². The zero-order chi connectivity index (χ0) is 22.5. The number of ether oxygens (including phenoxy) is 3. The van der Waals surface area contributed by atoms with Crippen molar-refractivity contribution in [1.29, 1.82) is 0 Å². The fraction of sp³-hybridized carbons (Fsp3) is 0.391. The van der Waals surface area contributed by atoms with E-state index in [2.05, 4.69) is 27.5 Å². The molecule has 1 atom stereocenters. The average molecular weight is 441 g/mol. The van der Waals surface area contributed by atoms with E-state index in [1.54, 1.807) is 31.4 Å². The second kappa shape index (κ2) is 9.88. The lowest BCUT2D eigenvalue weighted by molar-refractivity contribution is -0.136. The number of piperazine rings is 1. The monoisotopic (exact) mass is 440 g/mol. The predicted molar refractivity (Wildman–Crippen MR) is 119 cm³/mol. The summed E-state index contributed by atoms with van der Waals surface area (Å²) in [5.74, 6) is 0.698. The molecule has 9 heteroatoms. The third kappa shape index (κ3) is 5.12. The number of benzene rings is 2. The van der Waals surface area contributed by atoms with Crippen LogP contribution in [0.15, 0.2) is 42.5 Å². The molecular formula is C23H28N4O5. The quantitative estimate of drug-likeness (QED) is 0.657. The fourth-order valence-corrected chi connectivity index (χ4v) is 3.84. The molecule has 0 radical (unpaired) electrons. The highest BCUT2D eigenvalue weighted by atomic mass is 16.7. The largest absolute Gasteiger partial charge is 0.497 e. The van der Waals surface area contributed by atoms with Crippen molar-refractivity contribution < 1.29 is 23.8 Å². The lowest BCUT2D eigenvalue weighted by Gasteiger charge is -2.38. The Morgan fingerprint density at radius 2 is 1.72 bits per heavy atom. The van der Waals surface area contributed by atoms with E-state index in [4.69, 9.17) is 14.2 Å². The lowest BCUT2D eigenvalue weighted by atomic mass is 10.0. The Balaban J connectivity index is 1.42. The topological polar surface area (TPSA) is 92.4 Å². The fourth-order valence-electron chi connectivity index (χ4n) is 3.84. The maximum absolute atomic E-state index is 12.5. The highest BCUT2D eigenvalue weighted by Crippen LogP contribution is 2.35. The minimum Gasteiger partial charge on any atom is -0.497 e. The van der Waals surface area contributed by atoms with Gasteiger partial charge in [0.1, 0.15) is 5.75 Å². The summed E-state index contributed by atoms with van der Waals surface area (Å²) in [5.41, 5.74) is 1.53. The summed E-state index contributed by atoms with van der Waals surface area (Å²) in [7, 11) is 3.66. The first-order valence-corrected chi connectivity index (χ1v) is 10.6. The van der Waals surface area contributed by atoms with E-state index in [1.807, 2.05) is 18.2 Å². The zero-order valence-electron chi connectivity index (χ0n) is 18.3. The molecule has 2 aliphatic rings. The Morgan fingerprint density at radius 3 is 2.44 bits per heavy atom. The van der Waals surface area contributed by atoms with Crippen molar-refractivity contribution in [1.82, 2.24) is 15.1 Å². The second-order valence-electron chi connectivity index (χ2n) is 7.86. The zero-order valence-corrected chi connectivity index (χ0v) is 18.3. The van der Waals surface area contributed by atoms with Crippen molar-refractivity contribution in [3.05, 3.63) is 48.0 Å². The number of anilines is 1. The maximum atomic E-state index is 12.5. The van der Waals surface area contributed by atoms with Gasteiger partial charge in [0.25, 0.3) is 0 Å². The molecule has 4 rings (SSSR count). The van der Waals surface area contributed by atoms with Crippen molar-refractivity contribution in [2.45, 2.75) is 6.04 Å². The van der Waals surface area contributed by atoms with Gasteiger partial charge in [0, 0.05) is 38.4 Å². The van der Waals surface area contributed by atoms with Gasteiger partial charge in [0.15, 0.2) is 11.5 Å².